The van der Waals surface area contributed by atoms with E-state index in [1.807, 2.05) is 36.3 Å². The molecule has 1 nitrogen and oxygen atoms in total. The molecule has 0 aromatic heterocycles. The van der Waals surface area contributed by atoms with Crippen LogP contribution in [-0.4, -0.2) is 0 Å². The van der Waals surface area contributed by atoms with Crippen LogP contribution in [0.4, 0.5) is 0 Å². The third-order valence-electron chi connectivity index (χ3n) is 3.60. The van der Waals surface area contributed by atoms with Crippen molar-refractivity contribution in [3.8, 4) is 5.92 Å². The molecule has 1 radical (unpaired) electrons. The zero-order valence-corrected chi connectivity index (χ0v) is 18.9. The minimum atomic E-state index is -0.446. The van der Waals surface area contributed by atoms with Crippen molar-refractivity contribution in [3.05, 3.63) is 134 Å². The van der Waals surface area contributed by atoms with Crippen molar-refractivity contribution in [2.24, 2.45) is 0 Å². The fourth-order valence-corrected chi connectivity index (χ4v) is 4.80. The average Bonchev–Trinajstić information content (AvgIpc) is 3.39. The van der Waals surface area contributed by atoms with E-state index in [9.17, 15) is 0 Å². The van der Waals surface area contributed by atoms with Gasteiger partial charge in [0.15, 0.2) is 0 Å². The Bertz CT molecular complexity index is 817. The number of benzene rings is 3. The van der Waals surface area contributed by atoms with Crippen molar-refractivity contribution in [1.29, 1.82) is 0 Å². The van der Waals surface area contributed by atoms with E-state index in [-0.39, 0.29) is 17.1 Å². The Morgan fingerprint density at radius 1 is 0.633 bits per heavy atom. The molecular formula is C27H23MnOP-2. The summed E-state index contributed by atoms with van der Waals surface area (Å²) in [6, 6.07) is 42.3. The van der Waals surface area contributed by atoms with Gasteiger partial charge in [0, 0.05) is 17.1 Å². The molecule has 4 rings (SSSR count). The Kier molecular flexibility index (Phi) is 16.6. The summed E-state index contributed by atoms with van der Waals surface area (Å²) in [5, 5.41) is 4.19. The van der Waals surface area contributed by atoms with Crippen molar-refractivity contribution in [1.82, 2.24) is 0 Å². The minimum absolute atomic E-state index is 0. The van der Waals surface area contributed by atoms with Gasteiger partial charge in [-0.05, 0) is 30.8 Å². The Morgan fingerprint density at radius 3 is 1.10 bits per heavy atom. The zero-order valence-electron chi connectivity index (χ0n) is 16.8. The first-order valence-electron chi connectivity index (χ1n) is 9.02. The van der Waals surface area contributed by atoms with Gasteiger partial charge in [-0.15, -0.1) is 0 Å². The van der Waals surface area contributed by atoms with Gasteiger partial charge in [-0.1, -0.05) is 91.0 Å². The number of hydrogen-bond donors (Lipinski definition) is 0. The van der Waals surface area contributed by atoms with Crippen LogP contribution < -0.4 is 15.9 Å². The Morgan fingerprint density at radius 2 is 0.900 bits per heavy atom. The molecule has 4 aromatic rings. The van der Waals surface area contributed by atoms with Crippen molar-refractivity contribution in [2.45, 2.75) is 6.92 Å². The predicted octanol–water partition coefficient (Wildman–Crippen LogP) is 5.41. The first kappa shape index (κ1) is 27.3. The summed E-state index contributed by atoms with van der Waals surface area (Å²) in [7, 11) is -0.446. The van der Waals surface area contributed by atoms with Gasteiger partial charge < -0.3 is 12.3 Å². The maximum absolute atomic E-state index is 7.50. The topological polar surface area (TPSA) is 19.9 Å². The Labute approximate surface area is 192 Å². The molecule has 0 spiro atoms. The third-order valence-corrected chi connectivity index (χ3v) is 6.04. The number of rotatable bonds is 3. The van der Waals surface area contributed by atoms with Crippen LogP contribution in [0.2, 0.25) is 0 Å². The molecule has 3 heteroatoms. The van der Waals surface area contributed by atoms with E-state index in [1.54, 1.807) is 6.92 Å². The monoisotopic (exact) mass is 449 g/mol. The van der Waals surface area contributed by atoms with Crippen LogP contribution in [0.3, 0.4) is 0 Å². The zero-order chi connectivity index (χ0) is 21.2. The van der Waals surface area contributed by atoms with Gasteiger partial charge in [0.25, 0.3) is 0 Å². The van der Waals surface area contributed by atoms with Crippen molar-refractivity contribution >= 4 is 23.8 Å². The van der Waals surface area contributed by atoms with Gasteiger partial charge in [-0.25, -0.2) is 12.1 Å². The SMILES string of the molecule is [C-]#CC.[C-]#[O+].[Mn].c1cc[cH-]c1.c1ccc(P(c2ccccc2)c2ccccc2)cc1. The summed E-state index contributed by atoms with van der Waals surface area (Å²) in [6.07, 6.45) is 5.96. The summed E-state index contributed by atoms with van der Waals surface area (Å²) < 4.78 is 7.50. The normalized spacial score (nSPS) is 8.37. The van der Waals surface area contributed by atoms with Crippen molar-refractivity contribution in [3.63, 3.8) is 0 Å². The van der Waals surface area contributed by atoms with Crippen LogP contribution in [-0.2, 0) is 21.7 Å². The van der Waals surface area contributed by atoms with Gasteiger partial charge in [0.05, 0.1) is 0 Å². The first-order chi connectivity index (χ1) is 14.4. The van der Waals surface area contributed by atoms with Crippen molar-refractivity contribution < 1.29 is 21.7 Å². The fraction of sp³-hybridized carbons (Fsp3) is 0.0370. The molecule has 0 bridgehead atoms. The minimum Gasteiger partial charge on any atom is -0.214 e. The van der Waals surface area contributed by atoms with Gasteiger partial charge in [-0.3, -0.25) is 0 Å². The molecule has 0 aliphatic carbocycles. The molecule has 0 saturated carbocycles. The van der Waals surface area contributed by atoms with E-state index in [0.29, 0.717) is 0 Å². The van der Waals surface area contributed by atoms with E-state index >= 15 is 0 Å². The molecule has 0 amide bonds. The van der Waals surface area contributed by atoms with Crippen LogP contribution in [0.25, 0.3) is 0 Å². The summed E-state index contributed by atoms with van der Waals surface area (Å²) in [4.78, 5) is 0. The van der Waals surface area contributed by atoms with Crippen LogP contribution in [0.15, 0.2) is 121 Å². The maximum atomic E-state index is 7.50. The van der Waals surface area contributed by atoms with Gasteiger partial charge >= 0.3 is 11.3 Å². The van der Waals surface area contributed by atoms with Crippen molar-refractivity contribution in [2.75, 3.05) is 0 Å². The van der Waals surface area contributed by atoms with E-state index in [4.69, 9.17) is 11.1 Å². The van der Waals surface area contributed by atoms with E-state index in [2.05, 4.69) is 97.6 Å². The predicted molar refractivity (Wildman–Crippen MR) is 124 cm³/mol. The molecule has 0 atom stereocenters. The maximum Gasteiger partial charge on any atom is 0 e. The molecule has 0 saturated heterocycles. The van der Waals surface area contributed by atoms with E-state index < -0.39 is 7.92 Å². The van der Waals surface area contributed by atoms with Gasteiger partial charge in [-0.2, -0.15) is 18.2 Å². The summed E-state index contributed by atoms with van der Waals surface area (Å²) in [5.74, 6) is 2.00. The second-order valence-electron chi connectivity index (χ2n) is 5.55. The molecule has 30 heavy (non-hydrogen) atoms. The molecule has 4 aromatic carbocycles. The molecule has 0 N–H and O–H groups in total. The standard InChI is InChI=1S/C18H15P.C5H5.C3H3.CO.Mn/c1-4-10-16(11-5-1)19(17-12-6-2-7-13-17)18-14-8-3-9-15-18;1-2-4-5-3-1;1-3-2;1-2;/h1-15H;1-5H;1H3;;/q;2*-1;;. The van der Waals surface area contributed by atoms with Crippen LogP contribution in [0.1, 0.15) is 6.92 Å². The summed E-state index contributed by atoms with van der Waals surface area (Å²) >= 11 is 0. The van der Waals surface area contributed by atoms with Gasteiger partial charge in [0.2, 0.25) is 0 Å². The molecule has 0 heterocycles. The first-order valence-corrected chi connectivity index (χ1v) is 10.4. The van der Waals surface area contributed by atoms with Gasteiger partial charge in [0.1, 0.15) is 0 Å². The van der Waals surface area contributed by atoms with Crippen LogP contribution >= 0.6 is 7.92 Å². The largest absolute Gasteiger partial charge is 0.214 e. The molecule has 151 valence electrons. The molecule has 0 aliphatic heterocycles. The Balaban J connectivity index is 0.000000643. The smallest absolute Gasteiger partial charge is 0 e. The van der Waals surface area contributed by atoms with Crippen LogP contribution in [0, 0.1) is 19.0 Å². The van der Waals surface area contributed by atoms with Crippen LogP contribution in [0.5, 0.6) is 0 Å². The van der Waals surface area contributed by atoms with E-state index in [0.717, 1.165) is 0 Å². The summed E-state index contributed by atoms with van der Waals surface area (Å²) in [5.41, 5.74) is 0. The molecule has 0 unspecified atom stereocenters. The molecular weight excluding hydrogens is 426 g/mol. The quantitative estimate of drug-likeness (QED) is 0.131. The second-order valence-corrected chi connectivity index (χ2v) is 7.77. The Hall–Kier alpha value is -2.74. The average molecular weight is 449 g/mol. The fourth-order valence-electron chi connectivity index (χ4n) is 2.50. The molecule has 0 fully saturated rings. The second kappa shape index (κ2) is 18.3. The van der Waals surface area contributed by atoms with E-state index in [1.165, 1.54) is 15.9 Å². The molecule has 0 aliphatic rings. The summed E-state index contributed by atoms with van der Waals surface area (Å²) in [6.45, 7) is 6.04. The third kappa shape index (κ3) is 10.2. The number of hydrogen-bond acceptors (Lipinski definition) is 0.